The van der Waals surface area contributed by atoms with E-state index in [0.29, 0.717) is 13.1 Å². The summed E-state index contributed by atoms with van der Waals surface area (Å²) < 4.78 is 1.85. The Kier molecular flexibility index (Phi) is 4.81. The van der Waals surface area contributed by atoms with Gasteiger partial charge in [0.2, 0.25) is 0 Å². The van der Waals surface area contributed by atoms with E-state index in [9.17, 15) is 4.79 Å². The summed E-state index contributed by atoms with van der Waals surface area (Å²) >= 11 is 1.52. The van der Waals surface area contributed by atoms with Crippen LogP contribution in [-0.2, 0) is 13.6 Å². The summed E-state index contributed by atoms with van der Waals surface area (Å²) in [7, 11) is 5.97. The van der Waals surface area contributed by atoms with E-state index in [4.69, 9.17) is 0 Å². The molecule has 0 N–H and O–H groups in total. The number of carbonyl (C=O) groups excluding carboxylic acids is 1. The smallest absolute Gasteiger partial charge is 0.264 e. The minimum absolute atomic E-state index is 0.0831. The lowest BCUT2D eigenvalue weighted by Crippen LogP contribution is -2.29. The maximum atomic E-state index is 12.9. The van der Waals surface area contributed by atoms with Crippen molar-refractivity contribution in [1.82, 2.24) is 14.7 Å². The molecule has 5 nitrogen and oxygen atoms in total. The Morgan fingerprint density at radius 1 is 1.24 bits per heavy atom. The highest BCUT2D eigenvalue weighted by atomic mass is 32.1. The second kappa shape index (κ2) is 6.88. The molecule has 3 aromatic rings. The van der Waals surface area contributed by atoms with Crippen LogP contribution < -0.4 is 4.90 Å². The molecule has 132 valence electrons. The average Bonchev–Trinajstić information content (AvgIpc) is 3.14. The van der Waals surface area contributed by atoms with Crippen molar-refractivity contribution in [3.8, 4) is 0 Å². The van der Waals surface area contributed by atoms with Crippen LogP contribution in [0.5, 0.6) is 0 Å². The molecule has 3 rings (SSSR count). The fourth-order valence-corrected chi connectivity index (χ4v) is 4.00. The Labute approximate surface area is 152 Å². The second-order valence-electron chi connectivity index (χ2n) is 6.42. The predicted octanol–water partition coefficient (Wildman–Crippen LogP) is 3.67. The van der Waals surface area contributed by atoms with Crippen LogP contribution in [0.1, 0.15) is 27.9 Å². The number of thiophene rings is 1. The van der Waals surface area contributed by atoms with E-state index >= 15 is 0 Å². The molecule has 0 aliphatic carbocycles. The van der Waals surface area contributed by atoms with Gasteiger partial charge in [-0.1, -0.05) is 12.1 Å². The standard InChI is InChI=1S/C19H24N4OS/c1-6-23(12-14-7-9-15(10-8-14)21(3)4)18(24)17-11-16-13(2)20-22(5)19(16)25-17/h7-11H,6,12H2,1-5H3. The van der Waals surface area contributed by atoms with Gasteiger partial charge in [0.15, 0.2) is 0 Å². The lowest BCUT2D eigenvalue weighted by atomic mass is 10.2. The van der Waals surface area contributed by atoms with Crippen LogP contribution in [0.25, 0.3) is 10.2 Å². The van der Waals surface area contributed by atoms with E-state index in [0.717, 1.165) is 32.0 Å². The summed E-state index contributed by atoms with van der Waals surface area (Å²) in [5.74, 6) is 0.0831. The molecule has 1 amide bonds. The first kappa shape index (κ1) is 17.5. The number of nitrogens with zero attached hydrogens (tertiary/aromatic N) is 4. The molecular weight excluding hydrogens is 332 g/mol. The fourth-order valence-electron chi connectivity index (χ4n) is 2.91. The van der Waals surface area contributed by atoms with Gasteiger partial charge in [0.1, 0.15) is 4.83 Å². The average molecular weight is 356 g/mol. The highest BCUT2D eigenvalue weighted by Gasteiger charge is 2.19. The maximum absolute atomic E-state index is 12.9. The summed E-state index contributed by atoms with van der Waals surface area (Å²) in [5.41, 5.74) is 3.26. The fraction of sp³-hybridized carbons (Fsp3) is 0.368. The second-order valence-corrected chi connectivity index (χ2v) is 7.45. The predicted molar refractivity (Wildman–Crippen MR) is 105 cm³/mol. The summed E-state index contributed by atoms with van der Waals surface area (Å²) in [6, 6.07) is 10.3. The van der Waals surface area contributed by atoms with Gasteiger partial charge >= 0.3 is 0 Å². The van der Waals surface area contributed by atoms with E-state index < -0.39 is 0 Å². The van der Waals surface area contributed by atoms with Crippen molar-refractivity contribution < 1.29 is 4.79 Å². The molecule has 0 aliphatic rings. The molecular formula is C19H24N4OS. The van der Waals surface area contributed by atoms with Gasteiger partial charge in [-0.25, -0.2) is 0 Å². The van der Waals surface area contributed by atoms with E-state index in [-0.39, 0.29) is 5.91 Å². The molecule has 0 saturated carbocycles. The summed E-state index contributed by atoms with van der Waals surface area (Å²) in [5, 5.41) is 5.48. The summed E-state index contributed by atoms with van der Waals surface area (Å²) in [4.78, 5) is 18.7. The third kappa shape index (κ3) is 3.39. The van der Waals surface area contributed by atoms with Gasteiger partial charge < -0.3 is 9.80 Å². The molecule has 0 bridgehead atoms. The van der Waals surface area contributed by atoms with Crippen LogP contribution in [0.4, 0.5) is 5.69 Å². The molecule has 0 fully saturated rings. The Balaban J connectivity index is 1.81. The van der Waals surface area contributed by atoms with Gasteiger partial charge in [0.05, 0.1) is 10.6 Å². The quantitative estimate of drug-likeness (QED) is 0.700. The number of carbonyl (C=O) groups is 1. The third-order valence-electron chi connectivity index (χ3n) is 4.40. The van der Waals surface area contributed by atoms with Crippen molar-refractivity contribution in [1.29, 1.82) is 0 Å². The van der Waals surface area contributed by atoms with E-state index in [1.54, 1.807) is 0 Å². The first-order chi connectivity index (χ1) is 11.9. The minimum Gasteiger partial charge on any atom is -0.378 e. The van der Waals surface area contributed by atoms with Crippen molar-refractivity contribution in [3.63, 3.8) is 0 Å². The van der Waals surface area contributed by atoms with Crippen LogP contribution >= 0.6 is 11.3 Å². The van der Waals surface area contributed by atoms with Gasteiger partial charge in [0.25, 0.3) is 5.91 Å². The minimum atomic E-state index is 0.0831. The number of benzene rings is 1. The number of hydrogen-bond acceptors (Lipinski definition) is 4. The Bertz CT molecular complexity index is 858. The Morgan fingerprint density at radius 2 is 1.92 bits per heavy atom. The molecule has 1 aromatic carbocycles. The number of aryl methyl sites for hydroxylation is 2. The zero-order valence-electron chi connectivity index (χ0n) is 15.4. The van der Waals surface area contributed by atoms with Gasteiger partial charge in [0, 0.05) is 45.3 Å². The number of rotatable bonds is 5. The van der Waals surface area contributed by atoms with Crippen LogP contribution in [0, 0.1) is 6.92 Å². The summed E-state index contributed by atoms with van der Waals surface area (Å²) in [6.07, 6.45) is 0. The molecule has 2 heterocycles. The molecule has 25 heavy (non-hydrogen) atoms. The number of anilines is 1. The first-order valence-electron chi connectivity index (χ1n) is 8.39. The number of aromatic nitrogens is 2. The molecule has 0 atom stereocenters. The van der Waals surface area contributed by atoms with Crippen molar-refractivity contribution in [2.24, 2.45) is 7.05 Å². The summed E-state index contributed by atoms with van der Waals surface area (Å²) in [6.45, 7) is 5.30. The van der Waals surface area contributed by atoms with Gasteiger partial charge in [-0.15, -0.1) is 11.3 Å². The number of fused-ring (bicyclic) bond motifs is 1. The van der Waals surface area contributed by atoms with Crippen molar-refractivity contribution in [2.45, 2.75) is 20.4 Å². The number of hydrogen-bond donors (Lipinski definition) is 0. The third-order valence-corrected chi connectivity index (χ3v) is 5.59. The molecule has 0 aliphatic heterocycles. The van der Waals surface area contributed by atoms with Gasteiger partial charge in [-0.05, 0) is 37.6 Å². The van der Waals surface area contributed by atoms with Crippen molar-refractivity contribution in [3.05, 3.63) is 46.5 Å². The molecule has 0 saturated heterocycles. The van der Waals surface area contributed by atoms with E-state index in [1.807, 2.05) is 50.6 Å². The van der Waals surface area contributed by atoms with Crippen LogP contribution in [0.15, 0.2) is 30.3 Å². The molecule has 0 radical (unpaired) electrons. The molecule has 0 spiro atoms. The lowest BCUT2D eigenvalue weighted by Gasteiger charge is -2.21. The highest BCUT2D eigenvalue weighted by molar-refractivity contribution is 7.20. The van der Waals surface area contributed by atoms with Gasteiger partial charge in [-0.3, -0.25) is 9.48 Å². The van der Waals surface area contributed by atoms with Gasteiger partial charge in [-0.2, -0.15) is 5.10 Å². The monoisotopic (exact) mass is 356 g/mol. The normalized spacial score (nSPS) is 11.1. The van der Waals surface area contributed by atoms with Crippen molar-refractivity contribution >= 4 is 33.1 Å². The molecule has 6 heteroatoms. The highest BCUT2D eigenvalue weighted by Crippen LogP contribution is 2.29. The van der Waals surface area contributed by atoms with E-state index in [1.165, 1.54) is 11.3 Å². The lowest BCUT2D eigenvalue weighted by molar-refractivity contribution is 0.0757. The number of amides is 1. The van der Waals surface area contributed by atoms with Crippen LogP contribution in [-0.4, -0.2) is 41.2 Å². The largest absolute Gasteiger partial charge is 0.378 e. The molecule has 2 aromatic heterocycles. The zero-order valence-corrected chi connectivity index (χ0v) is 16.2. The maximum Gasteiger partial charge on any atom is 0.264 e. The van der Waals surface area contributed by atoms with Crippen LogP contribution in [0.2, 0.25) is 0 Å². The topological polar surface area (TPSA) is 41.4 Å². The first-order valence-corrected chi connectivity index (χ1v) is 9.21. The zero-order chi connectivity index (χ0) is 18.1. The van der Waals surface area contributed by atoms with Crippen LogP contribution in [0.3, 0.4) is 0 Å². The Morgan fingerprint density at radius 3 is 2.48 bits per heavy atom. The van der Waals surface area contributed by atoms with E-state index in [2.05, 4.69) is 34.3 Å². The van der Waals surface area contributed by atoms with Crippen molar-refractivity contribution in [2.75, 3.05) is 25.5 Å². The Hall–Kier alpha value is -2.34. The molecule has 0 unspecified atom stereocenters. The SMILES string of the molecule is CCN(Cc1ccc(N(C)C)cc1)C(=O)c1cc2c(C)nn(C)c2s1.